The maximum absolute atomic E-state index is 12.7. The van der Waals surface area contributed by atoms with Crippen LogP contribution in [0.5, 0.6) is 0 Å². The van der Waals surface area contributed by atoms with E-state index in [4.69, 9.17) is 0 Å². The van der Waals surface area contributed by atoms with Crippen molar-refractivity contribution in [2.75, 3.05) is 23.3 Å². The molecular weight excluding hydrogens is 298 g/mol. The second-order valence-electron chi connectivity index (χ2n) is 6.21. The number of hydrogen-bond acceptors (Lipinski definition) is 3. The van der Waals surface area contributed by atoms with E-state index in [-0.39, 0.29) is 5.91 Å². The van der Waals surface area contributed by atoms with Crippen molar-refractivity contribution in [3.05, 3.63) is 53.3 Å². The second-order valence-corrected chi connectivity index (χ2v) is 6.21. The Morgan fingerprint density at radius 1 is 1.12 bits per heavy atom. The summed E-state index contributed by atoms with van der Waals surface area (Å²) in [4.78, 5) is 19.3. The van der Waals surface area contributed by atoms with Gasteiger partial charge in [0.15, 0.2) is 0 Å². The van der Waals surface area contributed by atoms with Crippen molar-refractivity contribution < 1.29 is 4.79 Å². The lowest BCUT2D eigenvalue weighted by Gasteiger charge is -2.18. The summed E-state index contributed by atoms with van der Waals surface area (Å²) in [5.41, 5.74) is 4.84. The molecule has 1 amide bonds. The highest BCUT2D eigenvalue weighted by molar-refractivity contribution is 6.04. The molecule has 1 N–H and O–H groups in total. The van der Waals surface area contributed by atoms with Crippen molar-refractivity contribution in [1.82, 2.24) is 4.98 Å². The Kier molecular flexibility index (Phi) is 5.14. The zero-order chi connectivity index (χ0) is 16.9. The van der Waals surface area contributed by atoms with Gasteiger partial charge in [-0.05, 0) is 48.9 Å². The van der Waals surface area contributed by atoms with E-state index in [1.54, 1.807) is 6.20 Å². The maximum Gasteiger partial charge on any atom is 0.274 e. The average molecular weight is 323 g/mol. The Hall–Kier alpha value is -2.36. The molecule has 1 aliphatic rings. The van der Waals surface area contributed by atoms with Gasteiger partial charge >= 0.3 is 0 Å². The van der Waals surface area contributed by atoms with Crippen LogP contribution in [0.2, 0.25) is 0 Å². The number of aromatic nitrogens is 1. The number of hydrogen-bond donors (Lipinski definition) is 1. The molecule has 4 nitrogen and oxygen atoms in total. The van der Waals surface area contributed by atoms with Gasteiger partial charge in [0.05, 0.1) is 0 Å². The van der Waals surface area contributed by atoms with Gasteiger partial charge < -0.3 is 10.2 Å². The third kappa shape index (κ3) is 3.42. The molecule has 1 aromatic heterocycles. The average Bonchev–Trinajstić information content (AvgIpc) is 3.16. The molecule has 1 fully saturated rings. The van der Waals surface area contributed by atoms with Crippen LogP contribution in [0.4, 0.5) is 11.4 Å². The van der Waals surface area contributed by atoms with E-state index >= 15 is 0 Å². The molecule has 0 saturated carbocycles. The molecule has 0 spiro atoms. The summed E-state index contributed by atoms with van der Waals surface area (Å²) in [5.74, 6) is -0.133. The Morgan fingerprint density at radius 2 is 1.79 bits per heavy atom. The van der Waals surface area contributed by atoms with E-state index in [1.165, 1.54) is 24.0 Å². The highest BCUT2D eigenvalue weighted by Crippen LogP contribution is 2.24. The van der Waals surface area contributed by atoms with Crippen molar-refractivity contribution in [2.24, 2.45) is 0 Å². The summed E-state index contributed by atoms with van der Waals surface area (Å²) in [6.45, 7) is 6.33. The van der Waals surface area contributed by atoms with Crippen LogP contribution in [0.15, 0.2) is 36.5 Å². The molecule has 3 rings (SSSR count). The highest BCUT2D eigenvalue weighted by Gasteiger charge is 2.16. The molecule has 2 aromatic rings. The molecule has 1 aromatic carbocycles. The molecule has 24 heavy (non-hydrogen) atoms. The molecule has 0 unspecified atom stereocenters. The first-order valence-corrected chi connectivity index (χ1v) is 8.86. The van der Waals surface area contributed by atoms with Crippen LogP contribution in [-0.4, -0.2) is 24.0 Å². The third-order valence-corrected chi connectivity index (χ3v) is 4.68. The fourth-order valence-corrected chi connectivity index (χ4v) is 3.30. The molecule has 0 atom stereocenters. The van der Waals surface area contributed by atoms with E-state index in [9.17, 15) is 4.79 Å². The van der Waals surface area contributed by atoms with Gasteiger partial charge in [-0.15, -0.1) is 0 Å². The molecule has 126 valence electrons. The fourth-order valence-electron chi connectivity index (χ4n) is 3.30. The number of rotatable bonds is 5. The predicted molar refractivity (Wildman–Crippen MR) is 98.8 cm³/mol. The zero-order valence-corrected chi connectivity index (χ0v) is 14.5. The van der Waals surface area contributed by atoms with Gasteiger partial charge in [0, 0.05) is 30.7 Å². The number of para-hydroxylation sites is 1. The van der Waals surface area contributed by atoms with Crippen molar-refractivity contribution in [3.63, 3.8) is 0 Å². The van der Waals surface area contributed by atoms with Crippen LogP contribution >= 0.6 is 0 Å². The van der Waals surface area contributed by atoms with Crippen LogP contribution in [-0.2, 0) is 12.8 Å². The van der Waals surface area contributed by atoms with Gasteiger partial charge in [0.2, 0.25) is 0 Å². The van der Waals surface area contributed by atoms with Crippen molar-refractivity contribution >= 4 is 17.3 Å². The van der Waals surface area contributed by atoms with Gasteiger partial charge in [0.25, 0.3) is 5.91 Å². The molecule has 0 aliphatic carbocycles. The molecule has 2 heterocycles. The first kappa shape index (κ1) is 16.5. The lowest BCUT2D eigenvalue weighted by molar-refractivity contribution is 0.102. The van der Waals surface area contributed by atoms with Gasteiger partial charge in [-0.1, -0.05) is 32.0 Å². The fraction of sp³-hybridized carbons (Fsp3) is 0.400. The Bertz CT molecular complexity index is 698. The first-order valence-electron chi connectivity index (χ1n) is 8.86. The zero-order valence-electron chi connectivity index (χ0n) is 14.5. The number of nitrogens with one attached hydrogen (secondary N) is 1. The van der Waals surface area contributed by atoms with Crippen LogP contribution < -0.4 is 10.2 Å². The minimum atomic E-state index is -0.133. The lowest BCUT2D eigenvalue weighted by atomic mass is 10.0. The summed E-state index contributed by atoms with van der Waals surface area (Å²) in [7, 11) is 0. The van der Waals surface area contributed by atoms with Gasteiger partial charge in [-0.2, -0.15) is 0 Å². The molecule has 0 bridgehead atoms. The Balaban J connectivity index is 1.84. The van der Waals surface area contributed by atoms with Crippen LogP contribution in [0.1, 0.15) is 48.3 Å². The first-order chi connectivity index (χ1) is 11.7. The number of aryl methyl sites for hydroxylation is 2. The molecule has 1 saturated heterocycles. The number of anilines is 2. The van der Waals surface area contributed by atoms with Crippen LogP contribution in [0, 0.1) is 0 Å². The van der Waals surface area contributed by atoms with Gasteiger partial charge in [-0.3, -0.25) is 9.78 Å². The van der Waals surface area contributed by atoms with E-state index in [0.29, 0.717) is 5.69 Å². The Morgan fingerprint density at radius 3 is 2.42 bits per heavy atom. The third-order valence-electron chi connectivity index (χ3n) is 4.68. The number of nitrogens with zero attached hydrogens (tertiary/aromatic N) is 2. The van der Waals surface area contributed by atoms with Crippen molar-refractivity contribution in [2.45, 2.75) is 39.5 Å². The number of benzene rings is 1. The number of pyridine rings is 1. The van der Waals surface area contributed by atoms with Gasteiger partial charge in [0.1, 0.15) is 5.69 Å². The van der Waals surface area contributed by atoms with Crippen molar-refractivity contribution in [1.29, 1.82) is 0 Å². The monoisotopic (exact) mass is 323 g/mol. The van der Waals surface area contributed by atoms with Crippen LogP contribution in [0.3, 0.4) is 0 Å². The largest absolute Gasteiger partial charge is 0.371 e. The van der Waals surface area contributed by atoms with E-state index in [1.807, 2.05) is 12.1 Å². The summed E-state index contributed by atoms with van der Waals surface area (Å²) < 4.78 is 0. The summed E-state index contributed by atoms with van der Waals surface area (Å²) in [5, 5.41) is 3.10. The SMILES string of the molecule is CCc1cccc(CC)c1NC(=O)c1cc(N2CCCC2)ccn1. The van der Waals surface area contributed by atoms with E-state index in [2.05, 4.69) is 47.2 Å². The number of carbonyl (C=O) groups is 1. The van der Waals surface area contributed by atoms with Crippen molar-refractivity contribution in [3.8, 4) is 0 Å². The number of amides is 1. The molecule has 4 heteroatoms. The minimum Gasteiger partial charge on any atom is -0.371 e. The van der Waals surface area contributed by atoms with Gasteiger partial charge in [-0.25, -0.2) is 0 Å². The topological polar surface area (TPSA) is 45.2 Å². The minimum absolute atomic E-state index is 0.133. The summed E-state index contributed by atoms with van der Waals surface area (Å²) >= 11 is 0. The second kappa shape index (κ2) is 7.47. The summed E-state index contributed by atoms with van der Waals surface area (Å²) in [6, 6.07) is 10.1. The summed E-state index contributed by atoms with van der Waals surface area (Å²) in [6.07, 6.45) is 5.95. The maximum atomic E-state index is 12.7. The van der Waals surface area contributed by atoms with E-state index in [0.717, 1.165) is 37.3 Å². The number of carbonyl (C=O) groups excluding carboxylic acids is 1. The van der Waals surface area contributed by atoms with Crippen LogP contribution in [0.25, 0.3) is 0 Å². The predicted octanol–water partition coefficient (Wildman–Crippen LogP) is 4.06. The molecule has 1 aliphatic heterocycles. The smallest absolute Gasteiger partial charge is 0.274 e. The molecule has 0 radical (unpaired) electrons. The standard InChI is InChI=1S/C20H25N3O/c1-3-15-8-7-9-16(4-2)19(15)22-20(24)18-14-17(10-11-21-18)23-12-5-6-13-23/h7-11,14H,3-6,12-13H2,1-2H3,(H,22,24). The Labute approximate surface area is 143 Å². The quantitative estimate of drug-likeness (QED) is 0.902. The normalized spacial score (nSPS) is 14.0. The molecular formula is C20H25N3O. The lowest BCUT2D eigenvalue weighted by Crippen LogP contribution is -2.20. The highest BCUT2D eigenvalue weighted by atomic mass is 16.1. The van der Waals surface area contributed by atoms with E-state index < -0.39 is 0 Å².